The zero-order valence-electron chi connectivity index (χ0n) is 17.8. The molecule has 6 heteroatoms. The Bertz CT molecular complexity index is 829. The number of carbonyl (C=O) groups is 2. The first-order valence-electron chi connectivity index (χ1n) is 9.96. The van der Waals surface area contributed by atoms with Gasteiger partial charge in [0.1, 0.15) is 5.60 Å². The third kappa shape index (κ3) is 8.92. The number of nitrogens with one attached hydrogen (secondary N) is 2. The van der Waals surface area contributed by atoms with E-state index in [9.17, 15) is 9.59 Å². The fourth-order valence-corrected chi connectivity index (χ4v) is 2.72. The first kappa shape index (κ1) is 23.2. The van der Waals surface area contributed by atoms with E-state index in [1.54, 1.807) is 20.8 Å². The highest BCUT2D eigenvalue weighted by molar-refractivity contribution is 6.03. The van der Waals surface area contributed by atoms with Crippen LogP contribution in [0.2, 0.25) is 0 Å². The molecule has 0 saturated carbocycles. The molecule has 6 nitrogen and oxygen atoms in total. The van der Waals surface area contributed by atoms with Gasteiger partial charge in [0, 0.05) is 17.3 Å². The number of ether oxygens (including phenoxy) is 1. The Morgan fingerprint density at radius 2 is 1.60 bits per heavy atom. The van der Waals surface area contributed by atoms with Gasteiger partial charge in [-0.05, 0) is 57.7 Å². The molecule has 0 bridgehead atoms. The van der Waals surface area contributed by atoms with Gasteiger partial charge >= 0.3 is 6.16 Å². The van der Waals surface area contributed by atoms with E-state index in [-0.39, 0.29) is 11.9 Å². The molecule has 0 aliphatic rings. The second kappa shape index (κ2) is 11.2. The molecule has 0 fully saturated rings. The Hall–Kier alpha value is -3.12. The van der Waals surface area contributed by atoms with Gasteiger partial charge in [-0.15, -0.1) is 5.48 Å². The van der Waals surface area contributed by atoms with Crippen molar-refractivity contribution in [2.75, 3.05) is 5.32 Å². The second-order valence-electron chi connectivity index (χ2n) is 8.03. The molecule has 2 aromatic rings. The summed E-state index contributed by atoms with van der Waals surface area (Å²) in [5.74, 6) is -0.273. The summed E-state index contributed by atoms with van der Waals surface area (Å²) in [6, 6.07) is 18.8. The lowest BCUT2D eigenvalue weighted by molar-refractivity contribution is -0.113. The van der Waals surface area contributed by atoms with Crippen molar-refractivity contribution in [2.45, 2.75) is 51.7 Å². The Kier molecular flexibility index (Phi) is 8.62. The quantitative estimate of drug-likeness (QED) is 0.344. The molecule has 0 radical (unpaired) electrons. The van der Waals surface area contributed by atoms with E-state index in [0.29, 0.717) is 24.1 Å². The maximum atomic E-state index is 12.5. The molecule has 1 unspecified atom stereocenters. The molecule has 0 saturated heterocycles. The third-order valence-corrected chi connectivity index (χ3v) is 4.17. The molecule has 0 aliphatic heterocycles. The number of anilines is 1. The monoisotopic (exact) mass is 410 g/mol. The van der Waals surface area contributed by atoms with Crippen LogP contribution in [0.3, 0.4) is 0 Å². The molecular weight excluding hydrogens is 380 g/mol. The van der Waals surface area contributed by atoms with Crippen LogP contribution in [0.25, 0.3) is 0 Å². The number of hydroxylamine groups is 1. The number of rotatable bonds is 9. The van der Waals surface area contributed by atoms with Crippen LogP contribution in [0.4, 0.5) is 10.5 Å². The van der Waals surface area contributed by atoms with Crippen molar-refractivity contribution in [3.8, 4) is 0 Å². The van der Waals surface area contributed by atoms with Gasteiger partial charge in [-0.1, -0.05) is 55.1 Å². The van der Waals surface area contributed by atoms with Gasteiger partial charge in [-0.2, -0.15) is 0 Å². The molecular formula is C24H30N2O4. The summed E-state index contributed by atoms with van der Waals surface area (Å²) in [7, 11) is 0. The van der Waals surface area contributed by atoms with Crippen molar-refractivity contribution in [1.82, 2.24) is 5.48 Å². The van der Waals surface area contributed by atoms with Crippen molar-refractivity contribution in [2.24, 2.45) is 0 Å². The lowest BCUT2D eigenvalue weighted by Gasteiger charge is -2.22. The molecule has 0 aliphatic carbocycles. The van der Waals surface area contributed by atoms with Gasteiger partial charge in [-0.3, -0.25) is 4.79 Å². The van der Waals surface area contributed by atoms with E-state index in [4.69, 9.17) is 9.57 Å². The predicted molar refractivity (Wildman–Crippen MR) is 118 cm³/mol. The Labute approximate surface area is 178 Å². The van der Waals surface area contributed by atoms with Crippen molar-refractivity contribution in [1.29, 1.82) is 0 Å². The highest BCUT2D eigenvalue weighted by Crippen LogP contribution is 2.15. The van der Waals surface area contributed by atoms with E-state index in [2.05, 4.69) is 17.4 Å². The Balaban J connectivity index is 1.95. The summed E-state index contributed by atoms with van der Waals surface area (Å²) >= 11 is 0. The van der Waals surface area contributed by atoms with Gasteiger partial charge < -0.3 is 14.9 Å². The molecule has 30 heavy (non-hydrogen) atoms. The summed E-state index contributed by atoms with van der Waals surface area (Å²) in [5, 5.41) is 2.82. The molecule has 0 spiro atoms. The van der Waals surface area contributed by atoms with Crippen LogP contribution < -0.4 is 10.8 Å². The van der Waals surface area contributed by atoms with Gasteiger partial charge in [0.05, 0.1) is 0 Å². The largest absolute Gasteiger partial charge is 0.528 e. The SMILES string of the molecule is C=C(CC(CCc1ccccc1)NOC(=O)OC(C)(C)C)C(=O)Nc1ccccc1. The maximum absolute atomic E-state index is 12.5. The first-order chi connectivity index (χ1) is 14.2. The van der Waals surface area contributed by atoms with Crippen LogP contribution in [-0.2, 0) is 20.8 Å². The van der Waals surface area contributed by atoms with E-state index in [1.165, 1.54) is 0 Å². The fraction of sp³-hybridized carbons (Fsp3) is 0.333. The number of hydrogen-bond donors (Lipinski definition) is 2. The molecule has 2 rings (SSSR count). The van der Waals surface area contributed by atoms with Crippen molar-refractivity contribution in [3.05, 3.63) is 78.4 Å². The number of aryl methyl sites for hydroxylation is 1. The highest BCUT2D eigenvalue weighted by atomic mass is 16.8. The first-order valence-corrected chi connectivity index (χ1v) is 9.96. The third-order valence-electron chi connectivity index (χ3n) is 4.17. The number of carbonyl (C=O) groups excluding carboxylic acids is 2. The lowest BCUT2D eigenvalue weighted by atomic mass is 10.00. The Morgan fingerprint density at radius 1 is 1.00 bits per heavy atom. The minimum absolute atomic E-state index is 0.273. The van der Waals surface area contributed by atoms with Crippen LogP contribution in [-0.4, -0.2) is 23.7 Å². The number of amides is 1. The van der Waals surface area contributed by atoms with E-state index < -0.39 is 11.8 Å². The second-order valence-corrected chi connectivity index (χ2v) is 8.03. The van der Waals surface area contributed by atoms with Crippen molar-refractivity contribution < 1.29 is 19.2 Å². The van der Waals surface area contributed by atoms with Gasteiger partial charge in [-0.25, -0.2) is 4.79 Å². The number of para-hydroxylation sites is 1. The predicted octanol–water partition coefficient (Wildman–Crippen LogP) is 5.03. The highest BCUT2D eigenvalue weighted by Gasteiger charge is 2.21. The van der Waals surface area contributed by atoms with E-state index in [0.717, 1.165) is 12.0 Å². The molecule has 0 heterocycles. The van der Waals surface area contributed by atoms with Crippen LogP contribution in [0.1, 0.15) is 39.2 Å². The van der Waals surface area contributed by atoms with E-state index in [1.807, 2.05) is 60.7 Å². The topological polar surface area (TPSA) is 76.7 Å². The van der Waals surface area contributed by atoms with Gasteiger partial charge in [0.2, 0.25) is 0 Å². The minimum Gasteiger partial charge on any atom is -0.427 e. The Morgan fingerprint density at radius 3 is 2.20 bits per heavy atom. The number of hydrogen-bond acceptors (Lipinski definition) is 5. The van der Waals surface area contributed by atoms with Gasteiger partial charge in [0.25, 0.3) is 5.91 Å². The van der Waals surface area contributed by atoms with Crippen LogP contribution in [0.15, 0.2) is 72.8 Å². The molecule has 1 amide bonds. The molecule has 2 aromatic carbocycles. The average molecular weight is 411 g/mol. The maximum Gasteiger partial charge on any atom is 0.528 e. The van der Waals surface area contributed by atoms with Crippen molar-refractivity contribution in [3.63, 3.8) is 0 Å². The average Bonchev–Trinajstić information content (AvgIpc) is 2.70. The van der Waals surface area contributed by atoms with E-state index >= 15 is 0 Å². The number of benzene rings is 2. The van der Waals surface area contributed by atoms with Crippen LogP contribution in [0.5, 0.6) is 0 Å². The summed E-state index contributed by atoms with van der Waals surface area (Å²) in [6.45, 7) is 9.19. The smallest absolute Gasteiger partial charge is 0.427 e. The summed E-state index contributed by atoms with van der Waals surface area (Å²) in [6.07, 6.45) is 0.897. The molecule has 0 aromatic heterocycles. The van der Waals surface area contributed by atoms with Gasteiger partial charge in [0.15, 0.2) is 0 Å². The fourth-order valence-electron chi connectivity index (χ4n) is 2.72. The summed E-state index contributed by atoms with van der Waals surface area (Å²) in [4.78, 5) is 29.5. The minimum atomic E-state index is -0.813. The van der Waals surface area contributed by atoms with Crippen molar-refractivity contribution >= 4 is 17.7 Å². The molecule has 2 N–H and O–H groups in total. The lowest BCUT2D eigenvalue weighted by Crippen LogP contribution is -2.36. The zero-order valence-corrected chi connectivity index (χ0v) is 17.8. The van der Waals surface area contributed by atoms with Crippen LogP contribution >= 0.6 is 0 Å². The zero-order chi connectivity index (χ0) is 22.0. The van der Waals surface area contributed by atoms with Crippen LogP contribution in [0, 0.1) is 0 Å². The summed E-state index contributed by atoms with van der Waals surface area (Å²) in [5.41, 5.74) is 4.33. The molecule has 160 valence electrons. The molecule has 1 atom stereocenters. The standard InChI is InChI=1S/C24H30N2O4/c1-18(22(27)25-20-13-9-6-10-14-20)17-21(16-15-19-11-7-5-8-12-19)26-30-23(28)29-24(2,3)4/h5-14,21,26H,1,15-17H2,2-4H3,(H,25,27). The normalized spacial score (nSPS) is 12.0. The summed E-state index contributed by atoms with van der Waals surface area (Å²) < 4.78 is 5.16.